The fourth-order valence-corrected chi connectivity index (χ4v) is 3.02. The summed E-state index contributed by atoms with van der Waals surface area (Å²) < 4.78 is 16.0. The molecule has 152 valence electrons. The van der Waals surface area contributed by atoms with Gasteiger partial charge in [0.15, 0.2) is 12.6 Å². The molecule has 2 fully saturated rings. The maximum Gasteiger partial charge on any atom is 0.217 e. The summed E-state index contributed by atoms with van der Waals surface area (Å²) in [7, 11) is 0. The van der Waals surface area contributed by atoms with Gasteiger partial charge in [-0.25, -0.2) is 0 Å². The van der Waals surface area contributed by atoms with E-state index in [-0.39, 0.29) is 0 Å². The zero-order valence-electron chi connectivity index (χ0n) is 14.1. The Morgan fingerprint density at radius 1 is 1.04 bits per heavy atom. The number of hydrogen-bond acceptors (Lipinski definition) is 11. The Kier molecular flexibility index (Phi) is 7.27. The molecule has 0 aromatic rings. The first-order valence-corrected chi connectivity index (χ1v) is 8.14. The van der Waals surface area contributed by atoms with Crippen molar-refractivity contribution in [2.45, 2.75) is 68.2 Å². The van der Waals surface area contributed by atoms with Crippen LogP contribution in [0.25, 0.3) is 0 Å². The molecule has 0 aromatic heterocycles. The van der Waals surface area contributed by atoms with Gasteiger partial charge in [-0.3, -0.25) is 4.79 Å². The van der Waals surface area contributed by atoms with Gasteiger partial charge in [-0.2, -0.15) is 0 Å². The number of nitrogens with one attached hydrogen (secondary N) is 1. The van der Waals surface area contributed by atoms with E-state index in [9.17, 15) is 35.4 Å². The van der Waals surface area contributed by atoms with Gasteiger partial charge in [0.1, 0.15) is 42.7 Å². The minimum atomic E-state index is -1.59. The molecule has 0 aliphatic carbocycles. The Morgan fingerprint density at radius 2 is 1.65 bits per heavy atom. The highest BCUT2D eigenvalue weighted by atomic mass is 16.7. The number of carbonyl (C=O) groups excluding carboxylic acids is 1. The second-order valence-corrected chi connectivity index (χ2v) is 6.35. The van der Waals surface area contributed by atoms with E-state index in [2.05, 4.69) is 5.32 Å². The Hall–Kier alpha value is -0.930. The average Bonchev–Trinajstić information content (AvgIpc) is 2.60. The lowest BCUT2D eigenvalue weighted by molar-refractivity contribution is -0.325. The van der Waals surface area contributed by atoms with Gasteiger partial charge < -0.3 is 55.9 Å². The predicted octanol–water partition coefficient (Wildman–Crippen LogP) is -5.29. The number of carbonyl (C=O) groups is 1. The molecule has 1 amide bonds. The first kappa shape index (κ1) is 21.4. The fourth-order valence-electron chi connectivity index (χ4n) is 3.02. The van der Waals surface area contributed by atoms with E-state index in [0.29, 0.717) is 0 Å². The number of amides is 1. The van der Waals surface area contributed by atoms with E-state index in [1.54, 1.807) is 0 Å². The van der Waals surface area contributed by atoms with Gasteiger partial charge in [0.05, 0.1) is 19.3 Å². The van der Waals surface area contributed by atoms with Crippen molar-refractivity contribution in [3.63, 3.8) is 0 Å². The summed E-state index contributed by atoms with van der Waals surface area (Å²) in [5.41, 5.74) is 5.78. The molecular formula is C14H26N2O10. The number of nitrogens with two attached hydrogens (primary N) is 1. The van der Waals surface area contributed by atoms with Crippen molar-refractivity contribution in [3.05, 3.63) is 0 Å². The van der Waals surface area contributed by atoms with Crippen LogP contribution in [0.2, 0.25) is 0 Å². The zero-order chi connectivity index (χ0) is 19.6. The van der Waals surface area contributed by atoms with Gasteiger partial charge in [-0.15, -0.1) is 0 Å². The number of hydrogen-bond donors (Lipinski definition) is 8. The molecule has 2 heterocycles. The van der Waals surface area contributed by atoms with Gasteiger partial charge in [-0.1, -0.05) is 0 Å². The normalized spacial score (nSPS) is 46.8. The Bertz CT molecular complexity index is 481. The van der Waals surface area contributed by atoms with Crippen LogP contribution in [0.3, 0.4) is 0 Å². The van der Waals surface area contributed by atoms with Crippen LogP contribution in [0.1, 0.15) is 6.92 Å². The summed E-state index contributed by atoms with van der Waals surface area (Å²) in [5, 5.41) is 61.1. The molecule has 2 aliphatic heterocycles. The standard InChI is InChI=1S/C14H26N2O10/c1-4(19)16-8-11(22)12(6(3-18)24-13(8)23)26-14-7(15)10(21)9(20)5(2-17)25-14/h5-14,17-18,20-23H,2-3,15H2,1H3,(H,16,19)/t5-,6-,7-,8-,9-,10-,11-,12-,13?,14+/m1/s1. The highest BCUT2D eigenvalue weighted by Crippen LogP contribution is 2.28. The van der Waals surface area contributed by atoms with Crippen LogP contribution in [0, 0.1) is 0 Å². The maximum absolute atomic E-state index is 11.3. The van der Waals surface area contributed by atoms with E-state index in [1.807, 2.05) is 0 Å². The zero-order valence-corrected chi connectivity index (χ0v) is 14.1. The lowest BCUT2D eigenvalue weighted by Gasteiger charge is -2.46. The van der Waals surface area contributed by atoms with E-state index in [1.165, 1.54) is 6.92 Å². The molecule has 2 rings (SSSR count). The molecule has 1 unspecified atom stereocenters. The first-order valence-electron chi connectivity index (χ1n) is 8.14. The third kappa shape index (κ3) is 4.31. The molecule has 12 nitrogen and oxygen atoms in total. The summed E-state index contributed by atoms with van der Waals surface area (Å²) in [6, 6.07) is -2.48. The smallest absolute Gasteiger partial charge is 0.217 e. The molecule has 0 bridgehead atoms. The quantitative estimate of drug-likeness (QED) is 0.225. The first-order chi connectivity index (χ1) is 12.2. The van der Waals surface area contributed by atoms with Crippen LogP contribution in [0.15, 0.2) is 0 Å². The van der Waals surface area contributed by atoms with Crippen LogP contribution in [0.4, 0.5) is 0 Å². The van der Waals surface area contributed by atoms with Crippen LogP contribution in [0.5, 0.6) is 0 Å². The minimum Gasteiger partial charge on any atom is -0.394 e. The number of aliphatic hydroxyl groups excluding tert-OH is 6. The summed E-state index contributed by atoms with van der Waals surface area (Å²) in [4.78, 5) is 11.3. The van der Waals surface area contributed by atoms with Gasteiger partial charge >= 0.3 is 0 Å². The minimum absolute atomic E-state index is 0.539. The highest BCUT2D eigenvalue weighted by molar-refractivity contribution is 5.73. The lowest BCUT2D eigenvalue weighted by Crippen LogP contribution is -2.68. The average molecular weight is 382 g/mol. The van der Waals surface area contributed by atoms with Crippen molar-refractivity contribution in [2.24, 2.45) is 5.73 Å². The third-order valence-electron chi connectivity index (χ3n) is 4.46. The summed E-state index contributed by atoms with van der Waals surface area (Å²) in [6.07, 6.45) is -11.0. The molecule has 12 heteroatoms. The number of aliphatic hydroxyl groups is 6. The van der Waals surface area contributed by atoms with Crippen LogP contribution < -0.4 is 11.1 Å². The Balaban J connectivity index is 2.16. The van der Waals surface area contributed by atoms with Crippen molar-refractivity contribution in [2.75, 3.05) is 13.2 Å². The highest BCUT2D eigenvalue weighted by Gasteiger charge is 2.50. The van der Waals surface area contributed by atoms with Crippen molar-refractivity contribution in [3.8, 4) is 0 Å². The van der Waals surface area contributed by atoms with E-state index >= 15 is 0 Å². The van der Waals surface area contributed by atoms with Crippen LogP contribution in [-0.4, -0.2) is 111 Å². The topological polar surface area (TPSA) is 204 Å². The second-order valence-electron chi connectivity index (χ2n) is 6.35. The molecule has 0 saturated carbocycles. The van der Waals surface area contributed by atoms with Gasteiger partial charge in [0.2, 0.25) is 5.91 Å². The monoisotopic (exact) mass is 382 g/mol. The fraction of sp³-hybridized carbons (Fsp3) is 0.929. The largest absolute Gasteiger partial charge is 0.394 e. The summed E-state index contributed by atoms with van der Waals surface area (Å²) in [6.45, 7) is -0.0789. The number of rotatable bonds is 5. The van der Waals surface area contributed by atoms with Crippen molar-refractivity contribution >= 4 is 5.91 Å². The van der Waals surface area contributed by atoms with Gasteiger partial charge in [0.25, 0.3) is 0 Å². The van der Waals surface area contributed by atoms with Gasteiger partial charge in [0, 0.05) is 6.92 Å². The summed E-state index contributed by atoms with van der Waals surface area (Å²) >= 11 is 0. The van der Waals surface area contributed by atoms with Crippen molar-refractivity contribution < 1.29 is 49.6 Å². The predicted molar refractivity (Wildman–Crippen MR) is 82.2 cm³/mol. The Labute approximate surface area is 149 Å². The molecule has 0 spiro atoms. The SMILES string of the molecule is CC(=O)N[C@H]1C(O)O[C@H](CO)[C@@H](O[C@@H]2O[C@H](CO)[C@@H](O)[C@H](O)[C@H]2N)[C@@H]1O. The molecular weight excluding hydrogens is 356 g/mol. The summed E-state index contributed by atoms with van der Waals surface area (Å²) in [5.74, 6) is -0.539. The molecule has 2 aliphatic rings. The van der Waals surface area contributed by atoms with Crippen LogP contribution >= 0.6 is 0 Å². The van der Waals surface area contributed by atoms with E-state index in [0.717, 1.165) is 0 Å². The van der Waals surface area contributed by atoms with E-state index in [4.69, 9.17) is 19.9 Å². The molecule has 26 heavy (non-hydrogen) atoms. The molecule has 9 N–H and O–H groups in total. The molecule has 0 radical (unpaired) electrons. The Morgan fingerprint density at radius 3 is 2.19 bits per heavy atom. The second kappa shape index (κ2) is 8.84. The van der Waals surface area contributed by atoms with Gasteiger partial charge in [-0.05, 0) is 0 Å². The number of ether oxygens (including phenoxy) is 3. The molecule has 2 saturated heterocycles. The maximum atomic E-state index is 11.3. The molecule has 10 atom stereocenters. The third-order valence-corrected chi connectivity index (χ3v) is 4.46. The lowest BCUT2D eigenvalue weighted by atomic mass is 9.95. The van der Waals surface area contributed by atoms with Crippen molar-refractivity contribution in [1.29, 1.82) is 0 Å². The molecule has 0 aromatic carbocycles. The van der Waals surface area contributed by atoms with Crippen molar-refractivity contribution in [1.82, 2.24) is 5.32 Å². The van der Waals surface area contributed by atoms with E-state index < -0.39 is 80.4 Å². The van der Waals surface area contributed by atoms with Crippen LogP contribution in [-0.2, 0) is 19.0 Å².